The minimum Gasteiger partial charge on any atom is -0.508 e. The van der Waals surface area contributed by atoms with Gasteiger partial charge in [-0.3, -0.25) is 20.1 Å². The molecule has 5 aromatic rings. The van der Waals surface area contributed by atoms with Crippen LogP contribution in [0.5, 0.6) is 17.5 Å². The van der Waals surface area contributed by atoms with Crippen molar-refractivity contribution >= 4 is 39.1 Å². The zero-order valence-electron chi connectivity index (χ0n) is 30.3. The van der Waals surface area contributed by atoms with Gasteiger partial charge >= 0.3 is 6.01 Å². The molecule has 2 atom stereocenters. The van der Waals surface area contributed by atoms with Crippen LogP contribution in [0.2, 0.25) is 0 Å². The number of anilines is 1. The van der Waals surface area contributed by atoms with Gasteiger partial charge in [0.05, 0.1) is 35.7 Å². The van der Waals surface area contributed by atoms with Gasteiger partial charge < -0.3 is 24.4 Å². The lowest BCUT2D eigenvalue weighted by atomic mass is 9.95. The quantitative estimate of drug-likeness (QED) is 0.144. The van der Waals surface area contributed by atoms with Crippen LogP contribution in [0.15, 0.2) is 54.7 Å². The lowest BCUT2D eigenvalue weighted by Crippen LogP contribution is -2.57. The summed E-state index contributed by atoms with van der Waals surface area (Å²) >= 11 is 0. The molecule has 4 saturated heterocycles. The number of aromatic nitrogens is 3. The van der Waals surface area contributed by atoms with Crippen molar-refractivity contribution < 1.29 is 28.2 Å². The van der Waals surface area contributed by atoms with E-state index in [1.54, 1.807) is 31.4 Å². The Kier molecular flexibility index (Phi) is 8.53. The molecule has 0 spiro atoms. The van der Waals surface area contributed by atoms with E-state index in [2.05, 4.69) is 20.8 Å². The number of hydrogen-bond donors (Lipinski definition) is 2. The first-order valence-corrected chi connectivity index (χ1v) is 18.6. The second-order valence-corrected chi connectivity index (χ2v) is 15.0. The Morgan fingerprint density at radius 3 is 2.47 bits per heavy atom. The molecule has 0 saturated carbocycles. The Bertz CT molecular complexity index is 2410. The zero-order chi connectivity index (χ0) is 38.0. The Morgan fingerprint density at radius 1 is 1.05 bits per heavy atom. The van der Waals surface area contributed by atoms with Gasteiger partial charge in [-0.1, -0.05) is 12.0 Å². The Labute approximate surface area is 316 Å². The maximum absolute atomic E-state index is 17.1. The number of phenolic OH excluding ortho intramolecular Hbond substituents is 1. The molecule has 55 heavy (non-hydrogen) atoms. The minimum absolute atomic E-state index is 0.0231. The first-order valence-electron chi connectivity index (χ1n) is 18.6. The third-order valence-corrected chi connectivity index (χ3v) is 12.0. The van der Waals surface area contributed by atoms with Crippen LogP contribution in [0.1, 0.15) is 49.7 Å². The maximum Gasteiger partial charge on any atom is 0.319 e. The Hall–Kier alpha value is -5.87. The number of benzene rings is 3. The number of carbonyl (C=O) groups is 1. The number of fused-ring (bicyclic) bond motifs is 5. The van der Waals surface area contributed by atoms with Crippen LogP contribution < -0.4 is 14.4 Å². The predicted molar refractivity (Wildman–Crippen MR) is 204 cm³/mol. The van der Waals surface area contributed by atoms with Crippen LogP contribution in [0.25, 0.3) is 32.9 Å². The normalized spacial score (nSPS) is 20.2. The summed E-state index contributed by atoms with van der Waals surface area (Å²) in [7, 11) is 1.56. The van der Waals surface area contributed by atoms with E-state index in [1.807, 2.05) is 9.80 Å². The largest absolute Gasteiger partial charge is 0.508 e. The van der Waals surface area contributed by atoms with E-state index in [9.17, 15) is 14.3 Å². The van der Waals surface area contributed by atoms with Gasteiger partial charge in [-0.05, 0) is 99.5 Å². The van der Waals surface area contributed by atoms with Crippen molar-refractivity contribution in [1.29, 1.82) is 5.41 Å². The highest BCUT2D eigenvalue weighted by Crippen LogP contribution is 2.42. The molecule has 4 aliphatic heterocycles. The second-order valence-electron chi connectivity index (χ2n) is 15.0. The Morgan fingerprint density at radius 2 is 1.78 bits per heavy atom. The average Bonchev–Trinajstić information content (AvgIpc) is 3.86. The SMILES string of the molecule is C#Cc1c(F)ccc2cc(O)cc(-c3ncc4c(N5CC6CCC(C5)N6C(=O)C(=N)c5ccc(OC)cc5)nc(OCC56CCCN5CCC6)nc4c3F)c12. The number of ether oxygens (including phenoxy) is 2. The monoisotopic (exact) mass is 743 g/mol. The highest BCUT2D eigenvalue weighted by atomic mass is 19.1. The first kappa shape index (κ1) is 34.9. The van der Waals surface area contributed by atoms with Crippen LogP contribution >= 0.6 is 0 Å². The van der Waals surface area contributed by atoms with Gasteiger partial charge in [0.15, 0.2) is 5.82 Å². The zero-order valence-corrected chi connectivity index (χ0v) is 30.3. The van der Waals surface area contributed by atoms with Gasteiger partial charge in [0, 0.05) is 35.8 Å². The molecule has 3 aromatic carbocycles. The molecule has 13 heteroatoms. The smallest absolute Gasteiger partial charge is 0.319 e. The lowest BCUT2D eigenvalue weighted by Gasteiger charge is -2.42. The number of terminal acetylenes is 1. The molecular formula is C42H39F2N7O4. The molecule has 2 unspecified atom stereocenters. The number of piperazine rings is 1. The van der Waals surface area contributed by atoms with Crippen molar-refractivity contribution in [2.75, 3.05) is 44.8 Å². The van der Waals surface area contributed by atoms with E-state index in [-0.39, 0.29) is 68.7 Å². The summed E-state index contributed by atoms with van der Waals surface area (Å²) in [6.45, 7) is 3.17. The number of nitrogens with zero attached hydrogens (tertiary/aromatic N) is 6. The first-order chi connectivity index (χ1) is 26.7. The molecule has 0 radical (unpaired) electrons. The summed E-state index contributed by atoms with van der Waals surface area (Å²) < 4.78 is 43.8. The van der Waals surface area contributed by atoms with E-state index >= 15 is 4.39 Å². The molecule has 1 amide bonds. The molecule has 2 bridgehead atoms. The number of phenols is 1. The van der Waals surface area contributed by atoms with Gasteiger partial charge in [0.25, 0.3) is 5.91 Å². The number of pyridine rings is 1. The van der Waals surface area contributed by atoms with Gasteiger partial charge in [-0.15, -0.1) is 6.42 Å². The molecule has 9 rings (SSSR count). The molecule has 280 valence electrons. The van der Waals surface area contributed by atoms with E-state index in [0.717, 1.165) is 51.6 Å². The highest BCUT2D eigenvalue weighted by Gasteiger charge is 2.46. The third-order valence-electron chi connectivity index (χ3n) is 12.0. The number of hydrogen-bond acceptors (Lipinski definition) is 10. The standard InChI is InChI=1S/C42H39F2N7O4/c1-3-30-33(43)13-8-25-18-28(52)19-31(34(25)30)37-35(44)38-32(20-46-37)39(48-41(47-38)55-23-42-14-4-16-50(42)17-5-15-42)49-21-26-9-10-27(22-49)51(26)40(53)36(45)24-6-11-29(54-2)12-7-24/h1,6-8,11-13,18-20,26-27,45,52H,4-5,9-10,14-17,21-23H2,2H3. The molecule has 6 heterocycles. The van der Waals surface area contributed by atoms with Gasteiger partial charge in [-0.2, -0.15) is 9.97 Å². The number of nitrogens with one attached hydrogen (secondary N) is 1. The fraction of sp³-hybridized carbons (Fsp3) is 0.357. The molecule has 11 nitrogen and oxygen atoms in total. The van der Waals surface area contributed by atoms with Crippen molar-refractivity contribution in [1.82, 2.24) is 24.8 Å². The topological polar surface area (TPSA) is 128 Å². The third kappa shape index (κ3) is 5.78. The predicted octanol–water partition coefficient (Wildman–Crippen LogP) is 6.07. The van der Waals surface area contributed by atoms with Crippen LogP contribution in [-0.2, 0) is 4.79 Å². The summed E-state index contributed by atoms with van der Waals surface area (Å²) in [6, 6.07) is 11.9. The van der Waals surface area contributed by atoms with Crippen LogP contribution in [-0.4, -0.2) is 99.0 Å². The van der Waals surface area contributed by atoms with E-state index in [1.165, 1.54) is 30.5 Å². The van der Waals surface area contributed by atoms with Crippen molar-refractivity contribution in [3.8, 4) is 41.1 Å². The van der Waals surface area contributed by atoms with Crippen LogP contribution in [0, 0.1) is 29.4 Å². The maximum atomic E-state index is 17.1. The van der Waals surface area contributed by atoms with Crippen molar-refractivity contribution in [2.45, 2.75) is 56.1 Å². The van der Waals surface area contributed by atoms with Crippen LogP contribution in [0.3, 0.4) is 0 Å². The van der Waals surface area contributed by atoms with E-state index in [4.69, 9.17) is 26.3 Å². The van der Waals surface area contributed by atoms with E-state index < -0.39 is 11.6 Å². The van der Waals surface area contributed by atoms with Crippen LogP contribution in [0.4, 0.5) is 14.6 Å². The van der Waals surface area contributed by atoms with Gasteiger partial charge in [-0.25, -0.2) is 8.78 Å². The van der Waals surface area contributed by atoms with E-state index in [0.29, 0.717) is 47.6 Å². The number of carbonyl (C=O) groups excluding carboxylic acids is 1. The van der Waals surface area contributed by atoms with Crippen molar-refractivity contribution in [3.63, 3.8) is 0 Å². The number of amides is 1. The minimum atomic E-state index is -0.795. The molecular weight excluding hydrogens is 705 g/mol. The van der Waals surface area contributed by atoms with Gasteiger partial charge in [0.2, 0.25) is 0 Å². The van der Waals surface area contributed by atoms with Gasteiger partial charge in [0.1, 0.15) is 46.7 Å². The summed E-state index contributed by atoms with van der Waals surface area (Å²) in [5.74, 6) is 1.50. The number of methoxy groups -OCH3 is 1. The Balaban J connectivity index is 1.11. The van der Waals surface area contributed by atoms with Crippen molar-refractivity contribution in [3.05, 3.63) is 77.5 Å². The lowest BCUT2D eigenvalue weighted by molar-refractivity contribution is -0.127. The molecule has 4 aliphatic rings. The number of halogens is 2. The molecule has 4 fully saturated rings. The fourth-order valence-electron chi connectivity index (χ4n) is 9.35. The number of aromatic hydroxyl groups is 1. The fourth-order valence-corrected chi connectivity index (χ4v) is 9.35. The second kappa shape index (κ2) is 13.5. The molecule has 0 aliphatic carbocycles. The molecule has 2 aromatic heterocycles. The summed E-state index contributed by atoms with van der Waals surface area (Å²) in [5.41, 5.74) is 0.161. The summed E-state index contributed by atoms with van der Waals surface area (Å²) in [6.07, 6.45) is 12.9. The summed E-state index contributed by atoms with van der Waals surface area (Å²) in [4.78, 5) is 34.2. The number of rotatable bonds is 8. The summed E-state index contributed by atoms with van der Waals surface area (Å²) in [5, 5.41) is 20.4. The molecule has 2 N–H and O–H groups in total. The highest BCUT2D eigenvalue weighted by molar-refractivity contribution is 6.44. The average molecular weight is 744 g/mol. The van der Waals surface area contributed by atoms with Crippen molar-refractivity contribution in [2.24, 2.45) is 0 Å².